The van der Waals surface area contributed by atoms with Crippen molar-refractivity contribution in [2.45, 2.75) is 65.7 Å². The standard InChI is InChI=1S/C30H39ClN4O2S/c1-18-8-9-21(12-23(18)31)33-24(36)10-11-34-14-19-16-35(17-20(19)15-34)28(37)25-22(13-32)26(29(2,3)4)38-27(25)30(5,6)7/h8-9,12,19-20H,10-11,14-17H2,1-7H3,(H,33,36). The second-order valence-corrected chi connectivity index (χ2v) is 14.3. The van der Waals surface area contributed by atoms with Crippen LogP contribution in [0.4, 0.5) is 5.69 Å². The lowest BCUT2D eigenvalue weighted by Gasteiger charge is -2.24. The van der Waals surface area contributed by atoms with Gasteiger partial charge < -0.3 is 15.1 Å². The van der Waals surface area contributed by atoms with Crippen LogP contribution in [0.25, 0.3) is 0 Å². The number of hydrogen-bond acceptors (Lipinski definition) is 5. The summed E-state index contributed by atoms with van der Waals surface area (Å²) in [7, 11) is 0. The van der Waals surface area contributed by atoms with Gasteiger partial charge in [-0.3, -0.25) is 9.59 Å². The van der Waals surface area contributed by atoms with Gasteiger partial charge in [0.25, 0.3) is 5.91 Å². The van der Waals surface area contributed by atoms with Crippen LogP contribution in [0, 0.1) is 30.1 Å². The number of benzene rings is 1. The van der Waals surface area contributed by atoms with Crippen LogP contribution in [0.1, 0.15) is 79.2 Å². The fourth-order valence-corrected chi connectivity index (χ4v) is 7.09. The normalized spacial score (nSPS) is 19.9. The van der Waals surface area contributed by atoms with E-state index < -0.39 is 0 Å². The summed E-state index contributed by atoms with van der Waals surface area (Å²) in [5.41, 5.74) is 2.44. The summed E-state index contributed by atoms with van der Waals surface area (Å²) in [5.74, 6) is 0.754. The van der Waals surface area contributed by atoms with E-state index in [1.807, 2.05) is 24.0 Å². The molecule has 6 nitrogen and oxygen atoms in total. The van der Waals surface area contributed by atoms with Crippen LogP contribution in [0.15, 0.2) is 18.2 Å². The highest BCUT2D eigenvalue weighted by Crippen LogP contribution is 2.43. The first kappa shape index (κ1) is 28.6. The van der Waals surface area contributed by atoms with Gasteiger partial charge >= 0.3 is 0 Å². The molecule has 0 radical (unpaired) electrons. The zero-order valence-electron chi connectivity index (χ0n) is 23.6. The molecule has 4 rings (SSSR count). The number of fused-ring (bicyclic) bond motifs is 1. The molecule has 8 heteroatoms. The Bertz CT molecular complexity index is 1270. The van der Waals surface area contributed by atoms with Crippen LogP contribution in [0.5, 0.6) is 0 Å². The highest BCUT2D eigenvalue weighted by atomic mass is 35.5. The number of thiophene rings is 1. The highest BCUT2D eigenvalue weighted by molar-refractivity contribution is 7.13. The number of anilines is 1. The van der Waals surface area contributed by atoms with Crippen molar-refractivity contribution in [2.24, 2.45) is 11.8 Å². The van der Waals surface area contributed by atoms with Gasteiger partial charge in [-0.2, -0.15) is 5.26 Å². The molecule has 2 aliphatic heterocycles. The predicted octanol–water partition coefficient (Wildman–Crippen LogP) is 6.21. The maximum atomic E-state index is 13.9. The van der Waals surface area contributed by atoms with Crippen LogP contribution >= 0.6 is 22.9 Å². The molecule has 38 heavy (non-hydrogen) atoms. The number of rotatable bonds is 5. The predicted molar refractivity (Wildman–Crippen MR) is 155 cm³/mol. The highest BCUT2D eigenvalue weighted by Gasteiger charge is 2.44. The maximum Gasteiger partial charge on any atom is 0.256 e. The number of halogens is 1. The molecular weight excluding hydrogens is 516 g/mol. The van der Waals surface area contributed by atoms with Crippen molar-refractivity contribution in [2.75, 3.05) is 38.0 Å². The number of nitrogens with one attached hydrogen (secondary N) is 1. The van der Waals surface area contributed by atoms with Crippen molar-refractivity contribution in [3.8, 4) is 6.07 Å². The van der Waals surface area contributed by atoms with E-state index in [2.05, 4.69) is 57.8 Å². The van der Waals surface area contributed by atoms with E-state index in [-0.39, 0.29) is 22.6 Å². The summed E-state index contributed by atoms with van der Waals surface area (Å²) in [6.45, 7) is 18.4. The van der Waals surface area contributed by atoms with Crippen molar-refractivity contribution < 1.29 is 9.59 Å². The van der Waals surface area contributed by atoms with E-state index in [0.717, 1.165) is 28.4 Å². The number of carbonyl (C=O) groups is 2. The summed E-state index contributed by atoms with van der Waals surface area (Å²) in [4.78, 5) is 32.7. The Morgan fingerprint density at radius 1 is 1.05 bits per heavy atom. The second-order valence-electron chi connectivity index (χ2n) is 12.9. The fraction of sp³-hybridized carbons (Fsp3) is 0.567. The molecule has 2 unspecified atom stereocenters. The van der Waals surface area contributed by atoms with Gasteiger partial charge in [0.2, 0.25) is 5.91 Å². The first-order valence-corrected chi connectivity index (χ1v) is 14.5. The van der Waals surface area contributed by atoms with Crippen LogP contribution in [-0.4, -0.2) is 54.3 Å². The third-order valence-corrected chi connectivity index (χ3v) is 10.0. The molecular formula is C30H39ClN4O2S. The molecule has 1 N–H and O–H groups in total. The van der Waals surface area contributed by atoms with E-state index in [4.69, 9.17) is 11.6 Å². The van der Waals surface area contributed by atoms with Crippen LogP contribution in [0.2, 0.25) is 5.02 Å². The molecule has 0 spiro atoms. The Kier molecular flexibility index (Phi) is 8.01. The lowest BCUT2D eigenvalue weighted by Crippen LogP contribution is -2.35. The number of carbonyl (C=O) groups excluding carboxylic acids is 2. The fourth-order valence-electron chi connectivity index (χ4n) is 5.55. The minimum absolute atomic E-state index is 0.00434. The van der Waals surface area contributed by atoms with Gasteiger partial charge in [-0.25, -0.2) is 0 Å². The number of hydrogen-bond donors (Lipinski definition) is 1. The smallest absolute Gasteiger partial charge is 0.256 e. The largest absolute Gasteiger partial charge is 0.338 e. The topological polar surface area (TPSA) is 76.4 Å². The first-order valence-electron chi connectivity index (χ1n) is 13.3. The number of aryl methyl sites for hydroxylation is 1. The van der Waals surface area contributed by atoms with Gasteiger partial charge in [-0.15, -0.1) is 11.3 Å². The Morgan fingerprint density at radius 2 is 1.66 bits per heavy atom. The number of amides is 2. The first-order chi connectivity index (χ1) is 17.7. The average molecular weight is 555 g/mol. The molecule has 2 aliphatic rings. The average Bonchev–Trinajstić information content (AvgIpc) is 3.50. The maximum absolute atomic E-state index is 13.9. The molecule has 1 aromatic heterocycles. The van der Waals surface area contributed by atoms with E-state index in [1.165, 1.54) is 0 Å². The van der Waals surface area contributed by atoms with Crippen molar-refractivity contribution >= 4 is 40.4 Å². The quantitative estimate of drug-likeness (QED) is 0.477. The van der Waals surface area contributed by atoms with Gasteiger partial charge in [-0.05, 0) is 47.3 Å². The lowest BCUT2D eigenvalue weighted by atomic mass is 9.86. The molecule has 1 aromatic carbocycles. The van der Waals surface area contributed by atoms with Crippen molar-refractivity contribution in [1.82, 2.24) is 9.80 Å². The van der Waals surface area contributed by atoms with Gasteiger partial charge in [0.15, 0.2) is 0 Å². The Labute approximate surface area is 236 Å². The summed E-state index contributed by atoms with van der Waals surface area (Å²) in [5, 5.41) is 13.7. The Balaban J connectivity index is 1.38. The van der Waals surface area contributed by atoms with Crippen LogP contribution in [-0.2, 0) is 15.6 Å². The monoisotopic (exact) mass is 554 g/mol. The van der Waals surface area contributed by atoms with Gasteiger partial charge in [-0.1, -0.05) is 59.2 Å². The summed E-state index contributed by atoms with van der Waals surface area (Å²) in [6, 6.07) is 7.93. The minimum Gasteiger partial charge on any atom is -0.338 e. The molecule has 3 heterocycles. The minimum atomic E-state index is -0.221. The van der Waals surface area contributed by atoms with E-state index >= 15 is 0 Å². The molecule has 2 saturated heterocycles. The van der Waals surface area contributed by atoms with E-state index in [0.29, 0.717) is 59.7 Å². The Hall–Kier alpha value is -2.40. The van der Waals surface area contributed by atoms with Crippen LogP contribution in [0.3, 0.4) is 0 Å². The van der Waals surface area contributed by atoms with E-state index in [1.54, 1.807) is 17.4 Å². The number of nitrogens with zero attached hydrogens (tertiary/aromatic N) is 3. The Morgan fingerprint density at radius 3 is 2.18 bits per heavy atom. The molecule has 2 amide bonds. The molecule has 0 saturated carbocycles. The van der Waals surface area contributed by atoms with Gasteiger partial charge in [0.05, 0.1) is 11.1 Å². The van der Waals surface area contributed by atoms with Crippen molar-refractivity contribution in [3.63, 3.8) is 0 Å². The summed E-state index contributed by atoms with van der Waals surface area (Å²) < 4.78 is 0. The molecule has 2 aromatic rings. The van der Waals surface area contributed by atoms with Crippen molar-refractivity contribution in [1.29, 1.82) is 5.26 Å². The number of nitriles is 1. The summed E-state index contributed by atoms with van der Waals surface area (Å²) >= 11 is 7.79. The zero-order chi connectivity index (χ0) is 28.0. The molecule has 0 aliphatic carbocycles. The third kappa shape index (κ3) is 5.93. The van der Waals surface area contributed by atoms with Gasteiger partial charge in [0.1, 0.15) is 6.07 Å². The number of likely N-dealkylation sites (tertiary alicyclic amines) is 2. The van der Waals surface area contributed by atoms with Crippen LogP contribution < -0.4 is 5.32 Å². The SMILES string of the molecule is Cc1ccc(NC(=O)CCN2CC3CN(C(=O)c4c(C(C)(C)C)sc(C(C)(C)C)c4C#N)CC3C2)cc1Cl. The second kappa shape index (κ2) is 10.6. The molecule has 0 bridgehead atoms. The van der Waals surface area contributed by atoms with E-state index in [9.17, 15) is 14.9 Å². The van der Waals surface area contributed by atoms with Crippen molar-refractivity contribution in [3.05, 3.63) is 49.7 Å². The molecule has 2 fully saturated rings. The zero-order valence-corrected chi connectivity index (χ0v) is 25.1. The molecule has 204 valence electrons. The molecule has 2 atom stereocenters. The lowest BCUT2D eigenvalue weighted by molar-refractivity contribution is -0.116. The summed E-state index contributed by atoms with van der Waals surface area (Å²) in [6.07, 6.45) is 0.415. The van der Waals surface area contributed by atoms with Gasteiger partial charge in [0, 0.05) is 59.6 Å². The third-order valence-electron chi connectivity index (χ3n) is 7.56.